The molecular formula is C13H21N2O8P. The second-order valence-electron chi connectivity index (χ2n) is 5.71. The monoisotopic (exact) mass is 364 g/mol. The standard InChI is InChI=1S/C13H21N2O8P/c1-21-10(13(23-3)6-8(13)7-24(18,19)20)11(22-2)15-5-4-9(16)14-12(15)17/h4-5,8,10-11H,6-7H2,1-3H3,(H,14,16,17)(H2,18,19,20)/t8?,10-,11+,13+/m0/s1. The minimum Gasteiger partial charge on any atom is -0.375 e. The second-order valence-corrected chi connectivity index (χ2v) is 7.40. The number of ether oxygens (including phenoxy) is 3. The first-order valence-corrected chi connectivity index (χ1v) is 8.95. The molecular weight excluding hydrogens is 343 g/mol. The summed E-state index contributed by atoms with van der Waals surface area (Å²) >= 11 is 0. The Morgan fingerprint density at radius 2 is 2.04 bits per heavy atom. The maximum Gasteiger partial charge on any atom is 0.330 e. The van der Waals surface area contributed by atoms with Crippen LogP contribution in [0.15, 0.2) is 21.9 Å². The molecule has 11 heteroatoms. The van der Waals surface area contributed by atoms with Gasteiger partial charge in [-0.25, -0.2) is 4.79 Å². The van der Waals surface area contributed by atoms with Gasteiger partial charge in [-0.15, -0.1) is 0 Å². The Hall–Kier alpha value is -1.29. The van der Waals surface area contributed by atoms with E-state index in [2.05, 4.69) is 4.98 Å². The van der Waals surface area contributed by atoms with Gasteiger partial charge in [0, 0.05) is 39.5 Å². The van der Waals surface area contributed by atoms with Gasteiger partial charge in [-0.05, 0) is 6.42 Å². The lowest BCUT2D eigenvalue weighted by molar-refractivity contribution is -0.152. The number of hydrogen-bond acceptors (Lipinski definition) is 6. The van der Waals surface area contributed by atoms with E-state index in [1.165, 1.54) is 33.6 Å². The normalized spacial score (nSPS) is 26.1. The first-order valence-electron chi connectivity index (χ1n) is 7.15. The van der Waals surface area contributed by atoms with Crippen LogP contribution in [0.25, 0.3) is 0 Å². The minimum absolute atomic E-state index is 0.350. The van der Waals surface area contributed by atoms with Crippen molar-refractivity contribution < 1.29 is 28.6 Å². The van der Waals surface area contributed by atoms with Crippen LogP contribution < -0.4 is 11.2 Å². The molecule has 3 N–H and O–H groups in total. The number of rotatable bonds is 8. The average molecular weight is 364 g/mol. The molecule has 0 saturated heterocycles. The predicted octanol–water partition coefficient (Wildman–Crippen LogP) is -0.721. The van der Waals surface area contributed by atoms with Crippen LogP contribution >= 0.6 is 7.60 Å². The number of aromatic amines is 1. The number of aromatic nitrogens is 2. The van der Waals surface area contributed by atoms with E-state index in [1.807, 2.05) is 0 Å². The van der Waals surface area contributed by atoms with Crippen LogP contribution in [0.2, 0.25) is 0 Å². The molecule has 136 valence electrons. The van der Waals surface area contributed by atoms with Crippen LogP contribution in [-0.4, -0.2) is 58.5 Å². The lowest BCUT2D eigenvalue weighted by Crippen LogP contribution is -2.46. The quantitative estimate of drug-likeness (QED) is 0.514. The molecule has 10 nitrogen and oxygen atoms in total. The van der Waals surface area contributed by atoms with Gasteiger partial charge in [-0.3, -0.25) is 18.9 Å². The van der Waals surface area contributed by atoms with Gasteiger partial charge in [0.2, 0.25) is 0 Å². The summed E-state index contributed by atoms with van der Waals surface area (Å²) in [7, 11) is -0.0620. The van der Waals surface area contributed by atoms with Crippen molar-refractivity contribution in [1.29, 1.82) is 0 Å². The Morgan fingerprint density at radius 1 is 1.38 bits per heavy atom. The summed E-state index contributed by atoms with van der Waals surface area (Å²) in [6, 6.07) is 1.17. The maximum atomic E-state index is 12.0. The van der Waals surface area contributed by atoms with Gasteiger partial charge in [0.05, 0.1) is 6.16 Å². The smallest absolute Gasteiger partial charge is 0.330 e. The summed E-state index contributed by atoms with van der Waals surface area (Å²) in [6.07, 6.45) is -0.484. The molecule has 24 heavy (non-hydrogen) atoms. The van der Waals surface area contributed by atoms with Gasteiger partial charge in [0.25, 0.3) is 5.56 Å². The molecule has 0 radical (unpaired) electrons. The number of nitrogens with zero attached hydrogens (tertiary/aromatic N) is 1. The van der Waals surface area contributed by atoms with E-state index in [4.69, 9.17) is 14.2 Å². The van der Waals surface area contributed by atoms with Crippen molar-refractivity contribution >= 4 is 7.60 Å². The van der Waals surface area contributed by atoms with Crippen molar-refractivity contribution in [2.75, 3.05) is 27.5 Å². The first-order chi connectivity index (χ1) is 11.2. The molecule has 0 aliphatic heterocycles. The highest BCUT2D eigenvalue weighted by Crippen LogP contribution is 2.57. The van der Waals surface area contributed by atoms with Gasteiger partial charge < -0.3 is 24.0 Å². The maximum absolute atomic E-state index is 12.0. The fourth-order valence-electron chi connectivity index (χ4n) is 3.11. The molecule has 1 fully saturated rings. The largest absolute Gasteiger partial charge is 0.375 e. The third kappa shape index (κ3) is 3.69. The van der Waals surface area contributed by atoms with Gasteiger partial charge in [-0.1, -0.05) is 0 Å². The van der Waals surface area contributed by atoms with Crippen molar-refractivity contribution in [3.63, 3.8) is 0 Å². The minimum atomic E-state index is -4.22. The van der Waals surface area contributed by atoms with Gasteiger partial charge in [0.15, 0.2) is 6.23 Å². The molecule has 0 spiro atoms. The molecule has 1 aromatic rings. The molecule has 0 amide bonds. The highest BCUT2D eigenvalue weighted by molar-refractivity contribution is 7.51. The number of H-pyrrole nitrogens is 1. The number of hydrogen-bond donors (Lipinski definition) is 3. The fraction of sp³-hybridized carbons (Fsp3) is 0.692. The molecule has 1 aliphatic carbocycles. The van der Waals surface area contributed by atoms with Crippen molar-refractivity contribution in [3.8, 4) is 0 Å². The van der Waals surface area contributed by atoms with Gasteiger partial charge in [0.1, 0.15) is 11.7 Å². The third-order valence-electron chi connectivity index (χ3n) is 4.30. The van der Waals surface area contributed by atoms with Crippen molar-refractivity contribution in [1.82, 2.24) is 9.55 Å². The molecule has 0 aromatic carbocycles. The summed E-state index contributed by atoms with van der Waals surface area (Å²) in [4.78, 5) is 43.7. The number of methoxy groups -OCH3 is 3. The summed E-state index contributed by atoms with van der Waals surface area (Å²) in [6.45, 7) is 0. The highest BCUT2D eigenvalue weighted by Gasteiger charge is 2.64. The van der Waals surface area contributed by atoms with Crippen LogP contribution in [0.1, 0.15) is 12.6 Å². The molecule has 0 bridgehead atoms. The van der Waals surface area contributed by atoms with Crippen LogP contribution in [0.5, 0.6) is 0 Å². The van der Waals surface area contributed by atoms with Crippen molar-refractivity contribution in [2.24, 2.45) is 5.92 Å². The van der Waals surface area contributed by atoms with Crippen LogP contribution in [0, 0.1) is 5.92 Å². The third-order valence-corrected chi connectivity index (χ3v) is 5.21. The molecule has 1 aliphatic rings. The summed E-state index contributed by atoms with van der Waals surface area (Å²) < 4.78 is 28.7. The second kappa shape index (κ2) is 6.91. The SMILES string of the molecule is CO[C@H]([C@H](OC)[C@@]1(OC)CC1CP(=O)(O)O)n1ccc(=O)[nH]c1=O. The topological polar surface area (TPSA) is 140 Å². The van der Waals surface area contributed by atoms with Crippen molar-refractivity contribution in [2.45, 2.75) is 24.4 Å². The Kier molecular flexibility index (Phi) is 5.48. The zero-order valence-electron chi connectivity index (χ0n) is 13.5. The lowest BCUT2D eigenvalue weighted by Gasteiger charge is -2.33. The molecule has 1 saturated carbocycles. The van der Waals surface area contributed by atoms with E-state index >= 15 is 0 Å². The van der Waals surface area contributed by atoms with E-state index < -0.39 is 42.7 Å². The molecule has 1 aromatic heterocycles. The first kappa shape index (κ1) is 19.0. The lowest BCUT2D eigenvalue weighted by atomic mass is 10.1. The van der Waals surface area contributed by atoms with E-state index in [0.29, 0.717) is 6.42 Å². The summed E-state index contributed by atoms with van der Waals surface area (Å²) in [5.74, 6) is -0.440. The fourth-order valence-corrected chi connectivity index (χ4v) is 4.13. The predicted molar refractivity (Wildman–Crippen MR) is 82.9 cm³/mol. The summed E-state index contributed by atoms with van der Waals surface area (Å²) in [5, 5.41) is 0. The zero-order valence-corrected chi connectivity index (χ0v) is 14.4. The zero-order chi connectivity index (χ0) is 18.1. The Labute approximate surface area is 137 Å². The Balaban J connectivity index is 2.36. The van der Waals surface area contributed by atoms with Crippen LogP contribution in [0.3, 0.4) is 0 Å². The summed E-state index contributed by atoms with van der Waals surface area (Å²) in [5.41, 5.74) is -2.23. The van der Waals surface area contributed by atoms with Crippen molar-refractivity contribution in [3.05, 3.63) is 33.1 Å². The Bertz CT molecular complexity index is 740. The van der Waals surface area contributed by atoms with E-state index in [1.54, 1.807) is 0 Å². The molecule has 1 unspecified atom stereocenters. The van der Waals surface area contributed by atoms with E-state index in [9.17, 15) is 23.9 Å². The van der Waals surface area contributed by atoms with Gasteiger partial charge in [-0.2, -0.15) is 0 Å². The highest BCUT2D eigenvalue weighted by atomic mass is 31.2. The van der Waals surface area contributed by atoms with E-state index in [-0.39, 0.29) is 6.16 Å². The Morgan fingerprint density at radius 3 is 2.50 bits per heavy atom. The van der Waals surface area contributed by atoms with Gasteiger partial charge >= 0.3 is 13.3 Å². The molecule has 1 heterocycles. The number of nitrogens with one attached hydrogen (secondary N) is 1. The average Bonchev–Trinajstić information content (AvgIpc) is 3.17. The van der Waals surface area contributed by atoms with Crippen LogP contribution in [0.4, 0.5) is 0 Å². The molecule has 2 rings (SSSR count). The van der Waals surface area contributed by atoms with E-state index in [0.717, 1.165) is 4.57 Å². The molecule has 4 atom stereocenters. The van der Waals surface area contributed by atoms with Crippen LogP contribution in [-0.2, 0) is 18.8 Å².